The molecule has 1 atom stereocenters. The Kier molecular flexibility index (Phi) is 5.54. The summed E-state index contributed by atoms with van der Waals surface area (Å²) in [5.74, 6) is 0.714. The molecule has 1 aromatic carbocycles. The quantitative estimate of drug-likeness (QED) is 0.722. The maximum atomic E-state index is 3.49. The van der Waals surface area contributed by atoms with Gasteiger partial charge in [-0.3, -0.25) is 0 Å². The second-order valence-electron chi connectivity index (χ2n) is 4.88. The van der Waals surface area contributed by atoms with Crippen LogP contribution in [0.15, 0.2) is 18.2 Å². The summed E-state index contributed by atoms with van der Waals surface area (Å²) in [6.07, 6.45) is 2.41. The van der Waals surface area contributed by atoms with Gasteiger partial charge in [-0.1, -0.05) is 32.0 Å². The van der Waals surface area contributed by atoms with Crippen LogP contribution < -0.4 is 5.32 Å². The van der Waals surface area contributed by atoms with Crippen molar-refractivity contribution in [1.29, 1.82) is 0 Å². The molecule has 0 aliphatic rings. The SMILES string of the molecule is CCCNCC(C)Cc1c(C)cccc1C. The van der Waals surface area contributed by atoms with Gasteiger partial charge in [-0.2, -0.15) is 0 Å². The van der Waals surface area contributed by atoms with Crippen molar-refractivity contribution in [2.24, 2.45) is 5.92 Å². The second kappa shape index (κ2) is 6.70. The van der Waals surface area contributed by atoms with Gasteiger partial charge >= 0.3 is 0 Å². The molecule has 0 fully saturated rings. The molecule has 1 rings (SSSR count). The number of nitrogens with one attached hydrogen (secondary N) is 1. The van der Waals surface area contributed by atoms with E-state index >= 15 is 0 Å². The minimum Gasteiger partial charge on any atom is -0.316 e. The standard InChI is InChI=1S/C15H25N/c1-5-9-16-11-12(2)10-15-13(3)7-6-8-14(15)4/h6-8,12,16H,5,9-11H2,1-4H3. The molecular formula is C15H25N. The lowest BCUT2D eigenvalue weighted by Crippen LogP contribution is -2.23. The van der Waals surface area contributed by atoms with Crippen molar-refractivity contribution in [3.8, 4) is 0 Å². The van der Waals surface area contributed by atoms with Crippen LogP contribution >= 0.6 is 0 Å². The zero-order valence-corrected chi connectivity index (χ0v) is 11.1. The van der Waals surface area contributed by atoms with Crippen molar-refractivity contribution in [2.45, 2.75) is 40.5 Å². The highest BCUT2D eigenvalue weighted by Gasteiger charge is 2.07. The van der Waals surface area contributed by atoms with Crippen molar-refractivity contribution < 1.29 is 0 Å². The largest absolute Gasteiger partial charge is 0.316 e. The van der Waals surface area contributed by atoms with Gasteiger partial charge in [0, 0.05) is 0 Å². The van der Waals surface area contributed by atoms with Crippen molar-refractivity contribution >= 4 is 0 Å². The van der Waals surface area contributed by atoms with Gasteiger partial charge < -0.3 is 5.32 Å². The molecule has 0 aromatic heterocycles. The lowest BCUT2D eigenvalue weighted by atomic mass is 9.93. The first kappa shape index (κ1) is 13.2. The summed E-state index contributed by atoms with van der Waals surface area (Å²) in [5.41, 5.74) is 4.40. The van der Waals surface area contributed by atoms with Crippen LogP contribution in [0.4, 0.5) is 0 Å². The molecular weight excluding hydrogens is 194 g/mol. The zero-order chi connectivity index (χ0) is 12.0. The van der Waals surface area contributed by atoms with Crippen LogP contribution in [0.25, 0.3) is 0 Å². The monoisotopic (exact) mass is 219 g/mol. The molecule has 0 bridgehead atoms. The molecule has 0 amide bonds. The first-order valence-electron chi connectivity index (χ1n) is 6.41. The van der Waals surface area contributed by atoms with Gasteiger partial charge in [-0.25, -0.2) is 0 Å². The second-order valence-corrected chi connectivity index (χ2v) is 4.88. The van der Waals surface area contributed by atoms with Crippen LogP contribution in [-0.4, -0.2) is 13.1 Å². The normalized spacial score (nSPS) is 12.8. The molecule has 90 valence electrons. The Bertz CT molecular complexity index is 297. The highest BCUT2D eigenvalue weighted by molar-refractivity contribution is 5.33. The molecule has 0 saturated heterocycles. The molecule has 0 aliphatic carbocycles. The fourth-order valence-corrected chi connectivity index (χ4v) is 2.12. The van der Waals surface area contributed by atoms with Crippen LogP contribution in [-0.2, 0) is 6.42 Å². The molecule has 16 heavy (non-hydrogen) atoms. The molecule has 1 aromatic rings. The van der Waals surface area contributed by atoms with E-state index in [2.05, 4.69) is 51.2 Å². The molecule has 1 unspecified atom stereocenters. The molecule has 1 N–H and O–H groups in total. The Morgan fingerprint density at radius 3 is 2.38 bits per heavy atom. The topological polar surface area (TPSA) is 12.0 Å². The van der Waals surface area contributed by atoms with Crippen molar-refractivity contribution in [1.82, 2.24) is 5.32 Å². The van der Waals surface area contributed by atoms with E-state index in [1.807, 2.05) is 0 Å². The van der Waals surface area contributed by atoms with Crippen LogP contribution in [0.2, 0.25) is 0 Å². The van der Waals surface area contributed by atoms with E-state index in [1.165, 1.54) is 29.5 Å². The predicted molar refractivity (Wildman–Crippen MR) is 71.9 cm³/mol. The van der Waals surface area contributed by atoms with Crippen molar-refractivity contribution in [3.05, 3.63) is 34.9 Å². The Morgan fingerprint density at radius 2 is 1.81 bits per heavy atom. The van der Waals surface area contributed by atoms with Crippen molar-refractivity contribution in [3.63, 3.8) is 0 Å². The van der Waals surface area contributed by atoms with Crippen LogP contribution in [0.5, 0.6) is 0 Å². The summed E-state index contributed by atoms with van der Waals surface area (Å²) in [6.45, 7) is 11.2. The van der Waals surface area contributed by atoms with Gasteiger partial charge in [-0.15, -0.1) is 0 Å². The maximum absolute atomic E-state index is 3.49. The average molecular weight is 219 g/mol. The van der Waals surface area contributed by atoms with Crippen LogP contribution in [0, 0.1) is 19.8 Å². The summed E-state index contributed by atoms with van der Waals surface area (Å²) in [4.78, 5) is 0. The fourth-order valence-electron chi connectivity index (χ4n) is 2.12. The highest BCUT2D eigenvalue weighted by atomic mass is 14.8. The molecule has 0 spiro atoms. The minimum absolute atomic E-state index is 0.714. The van der Waals surface area contributed by atoms with E-state index in [1.54, 1.807) is 0 Å². The third-order valence-electron chi connectivity index (χ3n) is 3.12. The fraction of sp³-hybridized carbons (Fsp3) is 0.600. The van der Waals surface area contributed by atoms with Gasteiger partial charge in [0.25, 0.3) is 0 Å². The van der Waals surface area contributed by atoms with Gasteiger partial charge in [-0.05, 0) is 62.4 Å². The minimum atomic E-state index is 0.714. The smallest absolute Gasteiger partial charge is 0.00200 e. The van der Waals surface area contributed by atoms with E-state index in [0.29, 0.717) is 5.92 Å². The Balaban J connectivity index is 2.52. The zero-order valence-electron chi connectivity index (χ0n) is 11.1. The van der Waals surface area contributed by atoms with Gasteiger partial charge in [0.2, 0.25) is 0 Å². The summed E-state index contributed by atoms with van der Waals surface area (Å²) < 4.78 is 0. The Labute approximate surface area is 100 Å². The number of benzene rings is 1. The third kappa shape index (κ3) is 3.97. The first-order chi connectivity index (χ1) is 7.65. The molecule has 0 heterocycles. The van der Waals surface area contributed by atoms with E-state index in [-0.39, 0.29) is 0 Å². The van der Waals surface area contributed by atoms with Gasteiger partial charge in [0.15, 0.2) is 0 Å². The van der Waals surface area contributed by atoms with E-state index in [9.17, 15) is 0 Å². The van der Waals surface area contributed by atoms with Crippen LogP contribution in [0.1, 0.15) is 37.0 Å². The number of rotatable bonds is 6. The highest BCUT2D eigenvalue weighted by Crippen LogP contribution is 2.17. The number of hydrogen-bond donors (Lipinski definition) is 1. The lowest BCUT2D eigenvalue weighted by molar-refractivity contribution is 0.509. The number of aryl methyl sites for hydroxylation is 2. The summed E-state index contributed by atoms with van der Waals surface area (Å²) in [7, 11) is 0. The first-order valence-corrected chi connectivity index (χ1v) is 6.41. The molecule has 0 radical (unpaired) electrons. The molecule has 0 aliphatic heterocycles. The van der Waals surface area contributed by atoms with Crippen LogP contribution in [0.3, 0.4) is 0 Å². The third-order valence-corrected chi connectivity index (χ3v) is 3.12. The van der Waals surface area contributed by atoms with Crippen molar-refractivity contribution in [2.75, 3.05) is 13.1 Å². The molecule has 1 heteroatoms. The average Bonchev–Trinajstić information content (AvgIpc) is 2.24. The van der Waals surface area contributed by atoms with Gasteiger partial charge in [0.1, 0.15) is 0 Å². The molecule has 1 nitrogen and oxygen atoms in total. The Hall–Kier alpha value is -0.820. The predicted octanol–water partition coefficient (Wildman–Crippen LogP) is 3.48. The van der Waals surface area contributed by atoms with E-state index in [4.69, 9.17) is 0 Å². The summed E-state index contributed by atoms with van der Waals surface area (Å²) in [5, 5.41) is 3.49. The van der Waals surface area contributed by atoms with Gasteiger partial charge in [0.05, 0.1) is 0 Å². The summed E-state index contributed by atoms with van der Waals surface area (Å²) in [6, 6.07) is 6.58. The lowest BCUT2D eigenvalue weighted by Gasteiger charge is -2.16. The maximum Gasteiger partial charge on any atom is -0.00200 e. The summed E-state index contributed by atoms with van der Waals surface area (Å²) >= 11 is 0. The van der Waals surface area contributed by atoms with E-state index < -0.39 is 0 Å². The number of hydrogen-bond acceptors (Lipinski definition) is 1. The Morgan fingerprint density at radius 1 is 1.19 bits per heavy atom. The molecule has 0 saturated carbocycles. The van der Waals surface area contributed by atoms with E-state index in [0.717, 1.165) is 13.1 Å².